The summed E-state index contributed by atoms with van der Waals surface area (Å²) in [6, 6.07) is 19.1. The largest absolute Gasteiger partial charge is 0.497 e. The van der Waals surface area contributed by atoms with E-state index in [1.807, 2.05) is 32.9 Å². The second-order valence-corrected chi connectivity index (χ2v) is 11.6. The van der Waals surface area contributed by atoms with Gasteiger partial charge in [-0.3, -0.25) is 13.9 Å². The number of sulfonamides is 1. The summed E-state index contributed by atoms with van der Waals surface area (Å²) in [5, 5.41) is 3.25. The molecule has 10 heteroatoms. The standard InChI is InChI=1S/C30H36ClN3O5S/c1-5-18-32-30(36)28(6-2)33(20-23-13-16-25(39-4)17-14-23)29(35)21-34(24-15-12-22(3)27(31)19-24)40(37,38)26-10-8-7-9-11-26/h7-17,19,28H,5-6,18,20-21H2,1-4H3,(H,32,36). The number of carbonyl (C=O) groups is 2. The first-order valence-corrected chi connectivity index (χ1v) is 15.0. The normalized spacial score (nSPS) is 11.9. The summed E-state index contributed by atoms with van der Waals surface area (Å²) in [5.41, 5.74) is 1.79. The number of carbonyl (C=O) groups excluding carboxylic acids is 2. The highest BCUT2D eigenvalue weighted by Crippen LogP contribution is 2.28. The average Bonchev–Trinajstić information content (AvgIpc) is 2.96. The molecule has 0 aliphatic heterocycles. The second kappa shape index (κ2) is 14.2. The number of halogens is 1. The van der Waals surface area contributed by atoms with Gasteiger partial charge in [-0.2, -0.15) is 0 Å². The Hall–Kier alpha value is -3.56. The molecule has 0 radical (unpaired) electrons. The summed E-state index contributed by atoms with van der Waals surface area (Å²) in [7, 11) is -2.59. The van der Waals surface area contributed by atoms with Gasteiger partial charge in [-0.15, -0.1) is 0 Å². The van der Waals surface area contributed by atoms with Gasteiger partial charge in [-0.25, -0.2) is 8.42 Å². The average molecular weight is 586 g/mol. The Morgan fingerprint density at radius 3 is 2.25 bits per heavy atom. The van der Waals surface area contributed by atoms with Crippen molar-refractivity contribution in [2.45, 2.75) is 51.1 Å². The van der Waals surface area contributed by atoms with Crippen molar-refractivity contribution < 1.29 is 22.7 Å². The van der Waals surface area contributed by atoms with E-state index in [1.165, 1.54) is 23.1 Å². The molecule has 2 amide bonds. The van der Waals surface area contributed by atoms with Gasteiger partial charge >= 0.3 is 0 Å². The van der Waals surface area contributed by atoms with Crippen LogP contribution in [0, 0.1) is 6.92 Å². The SMILES string of the molecule is CCCNC(=O)C(CC)N(Cc1ccc(OC)cc1)C(=O)CN(c1ccc(C)c(Cl)c1)S(=O)(=O)c1ccccc1. The van der Waals surface area contributed by atoms with Crippen LogP contribution in [0.1, 0.15) is 37.8 Å². The van der Waals surface area contributed by atoms with E-state index in [0.29, 0.717) is 23.7 Å². The van der Waals surface area contributed by atoms with E-state index < -0.39 is 28.5 Å². The predicted octanol–water partition coefficient (Wildman–Crippen LogP) is 5.19. The minimum Gasteiger partial charge on any atom is -0.497 e. The quantitative estimate of drug-likeness (QED) is 0.298. The summed E-state index contributed by atoms with van der Waals surface area (Å²) >= 11 is 6.37. The minimum absolute atomic E-state index is 0.0360. The molecule has 0 heterocycles. The summed E-state index contributed by atoms with van der Waals surface area (Å²) in [6.07, 6.45) is 1.09. The molecule has 1 atom stereocenters. The van der Waals surface area contributed by atoms with Crippen molar-refractivity contribution in [2.24, 2.45) is 0 Å². The second-order valence-electron chi connectivity index (χ2n) is 9.34. The summed E-state index contributed by atoms with van der Waals surface area (Å²) in [6.45, 7) is 5.63. The number of nitrogens with one attached hydrogen (secondary N) is 1. The third kappa shape index (κ3) is 7.55. The van der Waals surface area contributed by atoms with Crippen molar-refractivity contribution in [1.29, 1.82) is 0 Å². The van der Waals surface area contributed by atoms with Gasteiger partial charge in [0.2, 0.25) is 11.8 Å². The first-order chi connectivity index (χ1) is 19.1. The fourth-order valence-corrected chi connectivity index (χ4v) is 5.80. The summed E-state index contributed by atoms with van der Waals surface area (Å²) < 4.78 is 34.0. The molecule has 3 aromatic carbocycles. The van der Waals surface area contributed by atoms with Crippen LogP contribution in [0.5, 0.6) is 5.75 Å². The van der Waals surface area contributed by atoms with E-state index in [-0.39, 0.29) is 23.0 Å². The lowest BCUT2D eigenvalue weighted by Crippen LogP contribution is -2.52. The summed E-state index contributed by atoms with van der Waals surface area (Å²) in [4.78, 5) is 28.7. The Morgan fingerprint density at radius 2 is 1.68 bits per heavy atom. The van der Waals surface area contributed by atoms with Crippen LogP contribution in [-0.4, -0.2) is 51.4 Å². The number of benzene rings is 3. The lowest BCUT2D eigenvalue weighted by atomic mass is 10.1. The zero-order valence-corrected chi connectivity index (χ0v) is 24.8. The zero-order valence-electron chi connectivity index (χ0n) is 23.3. The maximum Gasteiger partial charge on any atom is 0.264 e. The van der Waals surface area contributed by atoms with Gasteiger partial charge in [0.05, 0.1) is 17.7 Å². The molecule has 40 heavy (non-hydrogen) atoms. The van der Waals surface area contributed by atoms with Gasteiger partial charge in [-0.05, 0) is 67.3 Å². The van der Waals surface area contributed by atoms with Crippen LogP contribution in [0.15, 0.2) is 77.7 Å². The molecule has 0 saturated heterocycles. The number of rotatable bonds is 13. The highest BCUT2D eigenvalue weighted by molar-refractivity contribution is 7.92. The lowest BCUT2D eigenvalue weighted by molar-refractivity contribution is -0.140. The van der Waals surface area contributed by atoms with E-state index in [0.717, 1.165) is 21.9 Å². The minimum atomic E-state index is -4.15. The Morgan fingerprint density at radius 1 is 1.00 bits per heavy atom. The molecule has 214 valence electrons. The maximum atomic E-state index is 14.0. The molecule has 3 rings (SSSR count). The van der Waals surface area contributed by atoms with Crippen LogP contribution in [0.4, 0.5) is 5.69 Å². The van der Waals surface area contributed by atoms with E-state index >= 15 is 0 Å². The number of ether oxygens (including phenoxy) is 1. The molecule has 0 saturated carbocycles. The van der Waals surface area contributed by atoms with Gasteiger partial charge < -0.3 is 15.0 Å². The van der Waals surface area contributed by atoms with E-state index in [2.05, 4.69) is 5.32 Å². The molecule has 0 bridgehead atoms. The van der Waals surface area contributed by atoms with E-state index in [4.69, 9.17) is 16.3 Å². The van der Waals surface area contributed by atoms with Crippen molar-refractivity contribution >= 4 is 39.1 Å². The molecular formula is C30H36ClN3O5S. The van der Waals surface area contributed by atoms with E-state index in [1.54, 1.807) is 49.6 Å². The number of methoxy groups -OCH3 is 1. The van der Waals surface area contributed by atoms with Gasteiger partial charge in [0.15, 0.2) is 0 Å². The Kier molecular flexibility index (Phi) is 11.0. The molecule has 0 spiro atoms. The third-order valence-electron chi connectivity index (χ3n) is 6.50. The fraction of sp³-hybridized carbons (Fsp3) is 0.333. The Labute approximate surface area is 241 Å². The van der Waals surface area contributed by atoms with Crippen LogP contribution in [0.2, 0.25) is 5.02 Å². The maximum absolute atomic E-state index is 14.0. The van der Waals surface area contributed by atoms with Crippen LogP contribution in [-0.2, 0) is 26.2 Å². The fourth-order valence-electron chi connectivity index (χ4n) is 4.20. The zero-order chi connectivity index (χ0) is 29.3. The van der Waals surface area contributed by atoms with Crippen LogP contribution in [0.25, 0.3) is 0 Å². The number of amides is 2. The van der Waals surface area contributed by atoms with Gasteiger partial charge in [0.1, 0.15) is 18.3 Å². The van der Waals surface area contributed by atoms with E-state index in [9.17, 15) is 18.0 Å². The molecular weight excluding hydrogens is 550 g/mol. The van der Waals surface area contributed by atoms with Crippen molar-refractivity contribution in [2.75, 3.05) is 24.5 Å². The lowest BCUT2D eigenvalue weighted by Gasteiger charge is -2.33. The van der Waals surface area contributed by atoms with Crippen LogP contribution in [0.3, 0.4) is 0 Å². The summed E-state index contributed by atoms with van der Waals surface area (Å²) in [5.74, 6) is -0.154. The molecule has 8 nitrogen and oxygen atoms in total. The first kappa shape index (κ1) is 31.0. The van der Waals surface area contributed by atoms with Gasteiger partial charge in [-0.1, -0.05) is 61.8 Å². The molecule has 3 aromatic rings. The molecule has 1 unspecified atom stereocenters. The van der Waals surface area contributed by atoms with Crippen molar-refractivity contribution in [1.82, 2.24) is 10.2 Å². The topological polar surface area (TPSA) is 96.0 Å². The smallest absolute Gasteiger partial charge is 0.264 e. The number of anilines is 1. The number of nitrogens with zero attached hydrogens (tertiary/aromatic N) is 2. The number of hydrogen-bond acceptors (Lipinski definition) is 5. The number of aryl methyl sites for hydroxylation is 1. The molecule has 0 aromatic heterocycles. The number of hydrogen-bond donors (Lipinski definition) is 1. The molecule has 0 fully saturated rings. The van der Waals surface area contributed by atoms with Crippen molar-refractivity contribution in [3.8, 4) is 5.75 Å². The predicted molar refractivity (Wildman–Crippen MR) is 158 cm³/mol. The Balaban J connectivity index is 2.05. The first-order valence-electron chi connectivity index (χ1n) is 13.2. The van der Waals surface area contributed by atoms with Gasteiger partial charge in [0, 0.05) is 18.1 Å². The van der Waals surface area contributed by atoms with Crippen LogP contribution >= 0.6 is 11.6 Å². The monoisotopic (exact) mass is 585 g/mol. The van der Waals surface area contributed by atoms with Crippen LogP contribution < -0.4 is 14.4 Å². The van der Waals surface area contributed by atoms with Crippen molar-refractivity contribution in [3.05, 3.63) is 88.9 Å². The third-order valence-corrected chi connectivity index (χ3v) is 8.70. The molecule has 1 N–H and O–H groups in total. The Bertz CT molecular complexity index is 1400. The van der Waals surface area contributed by atoms with Gasteiger partial charge in [0.25, 0.3) is 10.0 Å². The molecule has 0 aliphatic carbocycles. The molecule has 0 aliphatic rings. The highest BCUT2D eigenvalue weighted by atomic mass is 35.5. The highest BCUT2D eigenvalue weighted by Gasteiger charge is 2.33. The van der Waals surface area contributed by atoms with Crippen molar-refractivity contribution in [3.63, 3.8) is 0 Å².